The Morgan fingerprint density at radius 2 is 2.11 bits per heavy atom. The molecule has 0 aliphatic carbocycles. The van der Waals surface area contributed by atoms with Crippen molar-refractivity contribution >= 4 is 11.9 Å². The van der Waals surface area contributed by atoms with Crippen molar-refractivity contribution in [3.8, 4) is 0 Å². The second kappa shape index (κ2) is 6.18. The molecule has 5 heteroatoms. The molecule has 0 aromatic rings. The second-order valence-corrected chi connectivity index (χ2v) is 5.19. The summed E-state index contributed by atoms with van der Waals surface area (Å²) in [5.74, 6) is -0.934. The van der Waals surface area contributed by atoms with Crippen molar-refractivity contribution < 1.29 is 14.7 Å². The normalized spacial score (nSPS) is 25.2. The van der Waals surface area contributed by atoms with Gasteiger partial charge in [0, 0.05) is 19.6 Å². The Hall–Kier alpha value is -1.10. The Morgan fingerprint density at radius 1 is 1.44 bits per heavy atom. The molecule has 2 atom stereocenters. The number of carbonyl (C=O) groups is 2. The predicted molar refractivity (Wildman–Crippen MR) is 69.0 cm³/mol. The summed E-state index contributed by atoms with van der Waals surface area (Å²) in [7, 11) is 0. The van der Waals surface area contributed by atoms with Gasteiger partial charge in [-0.05, 0) is 19.3 Å². The molecule has 104 valence electrons. The van der Waals surface area contributed by atoms with E-state index in [0.717, 1.165) is 6.42 Å². The van der Waals surface area contributed by atoms with Crippen LogP contribution in [-0.4, -0.2) is 41.5 Å². The molecule has 3 N–H and O–H groups in total. The molecule has 1 aliphatic heterocycles. The van der Waals surface area contributed by atoms with E-state index < -0.39 is 11.4 Å². The van der Waals surface area contributed by atoms with Crippen LogP contribution in [0.15, 0.2) is 0 Å². The maximum Gasteiger partial charge on any atom is 0.311 e. The topological polar surface area (TPSA) is 83.6 Å². The molecule has 5 nitrogen and oxygen atoms in total. The van der Waals surface area contributed by atoms with Gasteiger partial charge in [0.2, 0.25) is 5.91 Å². The van der Waals surface area contributed by atoms with Crippen LogP contribution in [0.2, 0.25) is 0 Å². The quantitative estimate of drug-likeness (QED) is 0.744. The fourth-order valence-corrected chi connectivity index (χ4v) is 2.72. The largest absolute Gasteiger partial charge is 0.481 e. The van der Waals surface area contributed by atoms with E-state index in [-0.39, 0.29) is 11.8 Å². The summed E-state index contributed by atoms with van der Waals surface area (Å²) in [6, 6.07) is 0. The minimum atomic E-state index is -0.777. The second-order valence-electron chi connectivity index (χ2n) is 5.19. The van der Waals surface area contributed by atoms with Gasteiger partial charge in [-0.15, -0.1) is 0 Å². The molecule has 0 bridgehead atoms. The fourth-order valence-electron chi connectivity index (χ4n) is 2.72. The Labute approximate surface area is 108 Å². The Balaban J connectivity index is 2.74. The number of carboxylic acids is 1. The van der Waals surface area contributed by atoms with Crippen LogP contribution < -0.4 is 5.73 Å². The van der Waals surface area contributed by atoms with Crippen LogP contribution in [0.5, 0.6) is 0 Å². The van der Waals surface area contributed by atoms with Crippen molar-refractivity contribution in [3.05, 3.63) is 0 Å². The molecule has 0 saturated carbocycles. The average molecular weight is 256 g/mol. The first-order valence-electron chi connectivity index (χ1n) is 6.73. The lowest BCUT2D eigenvalue weighted by Gasteiger charge is -2.26. The molecule has 1 heterocycles. The number of carboxylic acid groups (broad SMARTS) is 1. The minimum absolute atomic E-state index is 0.0132. The lowest BCUT2D eigenvalue weighted by Crippen LogP contribution is -2.41. The zero-order valence-electron chi connectivity index (χ0n) is 11.3. The number of nitrogens with zero attached hydrogens (tertiary/aromatic N) is 1. The van der Waals surface area contributed by atoms with Gasteiger partial charge >= 0.3 is 5.97 Å². The molecule has 0 aromatic carbocycles. The third kappa shape index (κ3) is 2.83. The van der Waals surface area contributed by atoms with Crippen LogP contribution >= 0.6 is 0 Å². The highest BCUT2D eigenvalue weighted by molar-refractivity contribution is 5.82. The molecule has 1 amide bonds. The van der Waals surface area contributed by atoms with Crippen LogP contribution in [0.1, 0.15) is 39.5 Å². The lowest BCUT2D eigenvalue weighted by molar-refractivity contribution is -0.149. The Morgan fingerprint density at radius 3 is 2.56 bits per heavy atom. The third-order valence-corrected chi connectivity index (χ3v) is 3.97. The molecule has 1 saturated heterocycles. The monoisotopic (exact) mass is 256 g/mol. The van der Waals surface area contributed by atoms with Crippen LogP contribution in [0, 0.1) is 11.3 Å². The molecule has 2 unspecified atom stereocenters. The molecule has 18 heavy (non-hydrogen) atoms. The predicted octanol–water partition coefficient (Wildman–Crippen LogP) is 1.07. The first kappa shape index (κ1) is 15.0. The number of rotatable bonds is 6. The van der Waals surface area contributed by atoms with E-state index in [1.807, 2.05) is 13.8 Å². The SMILES string of the molecule is CCCC1(C(=O)O)CCN(C(=O)C(CC)CN)C1. The highest BCUT2D eigenvalue weighted by Gasteiger charge is 2.45. The van der Waals surface area contributed by atoms with Gasteiger partial charge in [-0.2, -0.15) is 0 Å². The summed E-state index contributed by atoms with van der Waals surface area (Å²) in [5.41, 5.74) is 4.84. The molecule has 1 fully saturated rings. The summed E-state index contributed by atoms with van der Waals surface area (Å²) in [5, 5.41) is 9.38. The van der Waals surface area contributed by atoms with Gasteiger partial charge in [0.1, 0.15) is 0 Å². The Bertz CT molecular complexity index is 315. The highest BCUT2D eigenvalue weighted by Crippen LogP contribution is 2.36. The van der Waals surface area contributed by atoms with E-state index in [1.165, 1.54) is 0 Å². The van der Waals surface area contributed by atoms with Crippen molar-refractivity contribution in [2.45, 2.75) is 39.5 Å². The fraction of sp³-hybridized carbons (Fsp3) is 0.846. The van der Waals surface area contributed by atoms with Crippen molar-refractivity contribution in [1.29, 1.82) is 0 Å². The van der Waals surface area contributed by atoms with Gasteiger partial charge in [-0.25, -0.2) is 0 Å². The number of carbonyl (C=O) groups excluding carboxylic acids is 1. The van der Waals surface area contributed by atoms with Gasteiger partial charge in [0.05, 0.1) is 11.3 Å². The smallest absolute Gasteiger partial charge is 0.311 e. The summed E-state index contributed by atoms with van der Waals surface area (Å²) >= 11 is 0. The number of nitrogens with two attached hydrogens (primary N) is 1. The molecule has 1 rings (SSSR count). The van der Waals surface area contributed by atoms with E-state index in [9.17, 15) is 14.7 Å². The van der Waals surface area contributed by atoms with Crippen LogP contribution in [0.3, 0.4) is 0 Å². The number of hydrogen-bond acceptors (Lipinski definition) is 3. The zero-order chi connectivity index (χ0) is 13.8. The zero-order valence-corrected chi connectivity index (χ0v) is 11.3. The highest BCUT2D eigenvalue weighted by atomic mass is 16.4. The van der Waals surface area contributed by atoms with Gasteiger partial charge in [-0.1, -0.05) is 20.3 Å². The lowest BCUT2D eigenvalue weighted by atomic mass is 9.83. The molecular formula is C13H24N2O3. The third-order valence-electron chi connectivity index (χ3n) is 3.97. The first-order chi connectivity index (χ1) is 8.50. The van der Waals surface area contributed by atoms with Crippen LogP contribution in [-0.2, 0) is 9.59 Å². The molecule has 0 spiro atoms. The summed E-state index contributed by atoms with van der Waals surface area (Å²) in [6.07, 6.45) is 2.72. The van der Waals surface area contributed by atoms with Gasteiger partial charge < -0.3 is 15.7 Å². The van der Waals surface area contributed by atoms with Crippen molar-refractivity contribution in [3.63, 3.8) is 0 Å². The molecule has 0 aromatic heterocycles. The molecular weight excluding hydrogens is 232 g/mol. The van der Waals surface area contributed by atoms with E-state index in [4.69, 9.17) is 5.73 Å². The average Bonchev–Trinajstić information content (AvgIpc) is 2.76. The van der Waals surface area contributed by atoms with E-state index >= 15 is 0 Å². The Kier molecular flexibility index (Phi) is 5.14. The van der Waals surface area contributed by atoms with Crippen LogP contribution in [0.25, 0.3) is 0 Å². The van der Waals surface area contributed by atoms with Crippen LogP contribution in [0.4, 0.5) is 0 Å². The van der Waals surface area contributed by atoms with Gasteiger partial charge in [0.15, 0.2) is 0 Å². The maximum absolute atomic E-state index is 12.2. The van der Waals surface area contributed by atoms with Crippen molar-refractivity contribution in [2.75, 3.05) is 19.6 Å². The van der Waals surface area contributed by atoms with Gasteiger partial charge in [-0.3, -0.25) is 9.59 Å². The number of likely N-dealkylation sites (tertiary alicyclic amines) is 1. The number of amides is 1. The minimum Gasteiger partial charge on any atom is -0.481 e. The summed E-state index contributed by atoms with van der Waals surface area (Å²) in [6.45, 7) is 5.12. The van der Waals surface area contributed by atoms with Crippen molar-refractivity contribution in [2.24, 2.45) is 17.1 Å². The molecule has 0 radical (unpaired) electrons. The number of hydrogen-bond donors (Lipinski definition) is 2. The van der Waals surface area contributed by atoms with E-state index in [1.54, 1.807) is 4.90 Å². The standard InChI is InChI=1S/C13H24N2O3/c1-3-5-13(12(17)18)6-7-15(9-13)11(16)10(4-2)8-14/h10H,3-9,14H2,1-2H3,(H,17,18). The van der Waals surface area contributed by atoms with E-state index in [0.29, 0.717) is 38.9 Å². The number of aliphatic carboxylic acids is 1. The van der Waals surface area contributed by atoms with E-state index in [2.05, 4.69) is 0 Å². The maximum atomic E-state index is 12.2. The summed E-state index contributed by atoms with van der Waals surface area (Å²) in [4.78, 5) is 25.3. The first-order valence-corrected chi connectivity index (χ1v) is 6.73. The summed E-state index contributed by atoms with van der Waals surface area (Å²) < 4.78 is 0. The molecule has 1 aliphatic rings. The van der Waals surface area contributed by atoms with Gasteiger partial charge in [0.25, 0.3) is 0 Å². The van der Waals surface area contributed by atoms with Crippen molar-refractivity contribution in [1.82, 2.24) is 4.90 Å².